The Morgan fingerprint density at radius 1 is 1.12 bits per heavy atom. The molecule has 1 atom stereocenters. The number of Topliss-reactive ketones (excluding diaryl/α,β-unsaturated/α-hetero) is 1. The van der Waals surface area contributed by atoms with Crippen molar-refractivity contribution in [1.29, 1.82) is 0 Å². The number of halogens is 1. The normalized spacial score (nSPS) is 13.4. The zero-order valence-electron chi connectivity index (χ0n) is 18.6. The van der Waals surface area contributed by atoms with Crippen molar-refractivity contribution in [2.75, 3.05) is 18.7 Å². The van der Waals surface area contributed by atoms with Crippen LogP contribution in [-0.2, 0) is 24.3 Å². The summed E-state index contributed by atoms with van der Waals surface area (Å²) in [5.41, 5.74) is 0.306. The molecular formula is C22H23FN2O8S. The molecule has 2 aromatic rings. The number of carbonyl (C=O) groups excluding carboxylic acids is 3. The molecule has 1 aliphatic heterocycles. The number of ether oxygens (including phenoxy) is 3. The highest BCUT2D eigenvalue weighted by molar-refractivity contribution is 7.89. The minimum Gasteiger partial charge on any atom is -0.454 e. The zero-order valence-corrected chi connectivity index (χ0v) is 19.4. The minimum absolute atomic E-state index is 0.0267. The Morgan fingerprint density at radius 3 is 2.38 bits per heavy atom. The molecular weight excluding hydrogens is 471 g/mol. The van der Waals surface area contributed by atoms with Gasteiger partial charge in [-0.15, -0.1) is 0 Å². The van der Waals surface area contributed by atoms with Gasteiger partial charge in [0.25, 0.3) is 5.91 Å². The van der Waals surface area contributed by atoms with Crippen molar-refractivity contribution in [1.82, 2.24) is 4.72 Å². The quantitative estimate of drug-likeness (QED) is 0.400. The molecule has 2 aromatic carbocycles. The number of esters is 1. The molecule has 0 spiro atoms. The summed E-state index contributed by atoms with van der Waals surface area (Å²) in [5.74, 6) is -2.99. The summed E-state index contributed by atoms with van der Waals surface area (Å²) in [5, 5.41) is 2.47. The molecule has 0 saturated heterocycles. The Labute approximate surface area is 195 Å². The highest BCUT2D eigenvalue weighted by Crippen LogP contribution is 2.37. The van der Waals surface area contributed by atoms with Crippen molar-refractivity contribution in [2.45, 2.75) is 31.7 Å². The van der Waals surface area contributed by atoms with Crippen LogP contribution in [0.25, 0.3) is 0 Å². The van der Waals surface area contributed by atoms with E-state index >= 15 is 0 Å². The van der Waals surface area contributed by atoms with Crippen molar-refractivity contribution >= 4 is 33.4 Å². The van der Waals surface area contributed by atoms with Gasteiger partial charge in [0, 0.05) is 11.6 Å². The maximum absolute atomic E-state index is 13.9. The van der Waals surface area contributed by atoms with Crippen LogP contribution >= 0.6 is 0 Å². The number of fused-ring (bicyclic) bond motifs is 1. The summed E-state index contributed by atoms with van der Waals surface area (Å²) in [6.07, 6.45) is 0. The van der Waals surface area contributed by atoms with Crippen LogP contribution in [0.5, 0.6) is 11.5 Å². The lowest BCUT2D eigenvalue weighted by atomic mass is 10.1. The lowest BCUT2D eigenvalue weighted by Gasteiger charge is -2.21. The average Bonchev–Trinajstić information content (AvgIpc) is 3.22. The molecule has 182 valence electrons. The molecule has 0 fully saturated rings. The van der Waals surface area contributed by atoms with E-state index in [0.29, 0.717) is 11.5 Å². The van der Waals surface area contributed by atoms with Crippen molar-refractivity contribution < 1.29 is 41.4 Å². The number of amides is 1. The molecule has 10 nitrogen and oxygen atoms in total. The average molecular weight is 494 g/mol. The van der Waals surface area contributed by atoms with Crippen molar-refractivity contribution in [3.05, 3.63) is 47.8 Å². The van der Waals surface area contributed by atoms with Gasteiger partial charge in [0.2, 0.25) is 16.8 Å². The number of hydrogen-bond donors (Lipinski definition) is 2. The third-order valence-electron chi connectivity index (χ3n) is 4.84. The zero-order chi connectivity index (χ0) is 25.0. The van der Waals surface area contributed by atoms with E-state index < -0.39 is 51.2 Å². The van der Waals surface area contributed by atoms with Gasteiger partial charge in [-0.2, -0.15) is 4.72 Å². The number of anilines is 1. The number of sulfonamides is 1. The van der Waals surface area contributed by atoms with Crippen molar-refractivity contribution in [3.8, 4) is 11.5 Å². The van der Waals surface area contributed by atoms with Gasteiger partial charge in [-0.25, -0.2) is 12.8 Å². The topological polar surface area (TPSA) is 137 Å². The Hall–Kier alpha value is -3.51. The molecule has 3 rings (SSSR count). The molecule has 12 heteroatoms. The third-order valence-corrected chi connectivity index (χ3v) is 6.31. The predicted molar refractivity (Wildman–Crippen MR) is 118 cm³/mol. The third kappa shape index (κ3) is 5.69. The molecule has 1 heterocycles. The molecule has 1 amide bonds. The fourth-order valence-corrected chi connectivity index (χ4v) is 4.51. The van der Waals surface area contributed by atoms with E-state index in [-0.39, 0.29) is 23.8 Å². The van der Waals surface area contributed by atoms with Crippen LogP contribution in [-0.4, -0.2) is 45.5 Å². The van der Waals surface area contributed by atoms with Gasteiger partial charge in [-0.05, 0) is 31.0 Å². The fraction of sp³-hybridized carbons (Fsp3) is 0.318. The first-order valence-electron chi connectivity index (χ1n) is 10.2. The number of benzene rings is 2. The van der Waals surface area contributed by atoms with Crippen LogP contribution in [0.3, 0.4) is 0 Å². The number of hydrogen-bond acceptors (Lipinski definition) is 8. The van der Waals surface area contributed by atoms with Gasteiger partial charge < -0.3 is 19.5 Å². The number of rotatable bonds is 9. The molecule has 0 bridgehead atoms. The molecule has 0 unspecified atom stereocenters. The second-order valence-electron chi connectivity index (χ2n) is 7.74. The largest absolute Gasteiger partial charge is 0.454 e. The standard InChI is InChI=1S/C22H23FN2O8S/c1-12(2)21(25-34(29,30)19-7-5-4-6-15(19)23)22(28)31-10-20(27)24-16-9-18-17(32-11-33-18)8-14(16)13(3)26/h4-9,12,21,25H,10-11H2,1-3H3,(H,24,27)/t21-/m0/s1. The Bertz CT molecular complexity index is 1230. The predicted octanol–water partition coefficient (Wildman–Crippen LogP) is 2.24. The Morgan fingerprint density at radius 2 is 1.76 bits per heavy atom. The summed E-state index contributed by atoms with van der Waals surface area (Å²) in [7, 11) is -4.38. The SMILES string of the molecule is CC(=O)c1cc2c(cc1NC(=O)COC(=O)[C@@H](NS(=O)(=O)c1ccccc1F)C(C)C)OCO2. The summed E-state index contributed by atoms with van der Waals surface area (Å²) >= 11 is 0. The highest BCUT2D eigenvalue weighted by atomic mass is 32.2. The van der Waals surface area contributed by atoms with E-state index in [9.17, 15) is 27.2 Å². The summed E-state index contributed by atoms with van der Waals surface area (Å²) < 4.78 is 56.6. The minimum atomic E-state index is -4.38. The molecule has 0 radical (unpaired) electrons. The van der Waals surface area contributed by atoms with Gasteiger partial charge in [-0.1, -0.05) is 26.0 Å². The van der Waals surface area contributed by atoms with Crippen LogP contribution in [0.4, 0.5) is 10.1 Å². The highest BCUT2D eigenvalue weighted by Gasteiger charge is 2.31. The molecule has 34 heavy (non-hydrogen) atoms. The maximum Gasteiger partial charge on any atom is 0.324 e. The van der Waals surface area contributed by atoms with E-state index in [2.05, 4.69) is 10.0 Å². The van der Waals surface area contributed by atoms with Crippen LogP contribution < -0.4 is 19.5 Å². The van der Waals surface area contributed by atoms with E-state index in [1.54, 1.807) is 13.8 Å². The van der Waals surface area contributed by atoms with E-state index in [1.165, 1.54) is 31.2 Å². The Kier molecular flexibility index (Phi) is 7.52. The number of ketones is 1. The second kappa shape index (κ2) is 10.2. The second-order valence-corrected chi connectivity index (χ2v) is 9.42. The number of nitrogens with one attached hydrogen (secondary N) is 2. The van der Waals surface area contributed by atoms with Crippen molar-refractivity contribution in [3.63, 3.8) is 0 Å². The summed E-state index contributed by atoms with van der Waals surface area (Å²) in [6.45, 7) is 3.64. The first-order chi connectivity index (χ1) is 16.0. The lowest BCUT2D eigenvalue weighted by Crippen LogP contribution is -2.46. The van der Waals surface area contributed by atoms with Crippen LogP contribution in [0.1, 0.15) is 31.1 Å². The van der Waals surface area contributed by atoms with Crippen LogP contribution in [0.15, 0.2) is 41.3 Å². The van der Waals surface area contributed by atoms with Crippen molar-refractivity contribution in [2.24, 2.45) is 5.92 Å². The molecule has 0 aliphatic carbocycles. The van der Waals surface area contributed by atoms with Gasteiger partial charge in [0.05, 0.1) is 5.69 Å². The Balaban J connectivity index is 1.67. The molecule has 0 aromatic heterocycles. The first kappa shape index (κ1) is 25.1. The van der Waals surface area contributed by atoms with E-state index in [1.807, 2.05) is 0 Å². The van der Waals surface area contributed by atoms with Crippen LogP contribution in [0.2, 0.25) is 0 Å². The molecule has 0 saturated carbocycles. The fourth-order valence-electron chi connectivity index (χ4n) is 3.10. The maximum atomic E-state index is 13.9. The van der Waals surface area contributed by atoms with Gasteiger partial charge in [-0.3, -0.25) is 14.4 Å². The smallest absolute Gasteiger partial charge is 0.324 e. The lowest BCUT2D eigenvalue weighted by molar-refractivity contribution is -0.150. The van der Waals surface area contributed by atoms with E-state index in [4.69, 9.17) is 14.2 Å². The van der Waals surface area contributed by atoms with Gasteiger partial charge >= 0.3 is 5.97 Å². The molecule has 2 N–H and O–H groups in total. The number of carbonyl (C=O) groups is 3. The van der Waals surface area contributed by atoms with Gasteiger partial charge in [0.1, 0.15) is 16.8 Å². The summed E-state index contributed by atoms with van der Waals surface area (Å²) in [4.78, 5) is 36.2. The van der Waals surface area contributed by atoms with E-state index in [0.717, 1.165) is 12.1 Å². The van der Waals surface area contributed by atoms with Crippen LogP contribution in [0, 0.1) is 11.7 Å². The monoisotopic (exact) mass is 494 g/mol. The summed E-state index contributed by atoms with van der Waals surface area (Å²) in [6, 6.07) is 6.18. The van der Waals surface area contributed by atoms with Gasteiger partial charge in [0.15, 0.2) is 23.9 Å². The first-order valence-corrected chi connectivity index (χ1v) is 11.7. The molecule has 1 aliphatic rings.